The minimum Gasteiger partial charge on any atom is -0.497 e. The van der Waals surface area contributed by atoms with Crippen molar-refractivity contribution in [2.24, 2.45) is 0 Å². The lowest BCUT2D eigenvalue weighted by Gasteiger charge is -2.04. The molecule has 2 aromatic rings. The molecule has 0 saturated heterocycles. The number of H-pyrrole nitrogens is 1. The van der Waals surface area contributed by atoms with Gasteiger partial charge in [0, 0.05) is 21.9 Å². The summed E-state index contributed by atoms with van der Waals surface area (Å²) in [5.74, 6) is 1.67. The maximum atomic E-state index is 5.18. The molecular formula is C11H11BrN2O. The maximum Gasteiger partial charge on any atom is 0.138 e. The molecule has 4 heteroatoms. The number of hydrogen-bond acceptors (Lipinski definition) is 2. The molecule has 0 fully saturated rings. The normalized spacial score (nSPS) is 10.3. The zero-order valence-electron chi connectivity index (χ0n) is 8.54. The second-order valence-electron chi connectivity index (χ2n) is 3.26. The van der Waals surface area contributed by atoms with Gasteiger partial charge in [-0.15, -0.1) is 0 Å². The number of ether oxygens (including phenoxy) is 1. The van der Waals surface area contributed by atoms with E-state index in [1.54, 1.807) is 13.3 Å². The van der Waals surface area contributed by atoms with E-state index in [1.807, 2.05) is 25.1 Å². The molecule has 1 heterocycles. The van der Waals surface area contributed by atoms with E-state index >= 15 is 0 Å². The first-order valence-electron chi connectivity index (χ1n) is 4.56. The van der Waals surface area contributed by atoms with E-state index < -0.39 is 0 Å². The highest BCUT2D eigenvalue weighted by Crippen LogP contribution is 2.29. The molecule has 1 aromatic heterocycles. The topological polar surface area (TPSA) is 37.9 Å². The zero-order chi connectivity index (χ0) is 10.8. The van der Waals surface area contributed by atoms with Gasteiger partial charge in [0.05, 0.1) is 7.11 Å². The first-order chi connectivity index (χ1) is 7.20. The summed E-state index contributed by atoms with van der Waals surface area (Å²) >= 11 is 3.49. The number of nitrogens with one attached hydrogen (secondary N) is 1. The Hall–Kier alpha value is -1.29. The lowest BCUT2D eigenvalue weighted by atomic mass is 10.2. The molecule has 0 radical (unpaired) electrons. The van der Waals surface area contributed by atoms with Gasteiger partial charge in [0.15, 0.2) is 0 Å². The number of hydrogen-bond donors (Lipinski definition) is 1. The predicted molar refractivity (Wildman–Crippen MR) is 63.0 cm³/mol. The molecule has 3 nitrogen and oxygen atoms in total. The fourth-order valence-electron chi connectivity index (χ4n) is 1.36. The standard InChI is InChI=1S/C11H11BrN2O/c1-7-6-13-11(14-7)9-5-8(15-2)3-4-10(9)12/h3-6H,1-2H3,(H,13,14). The van der Waals surface area contributed by atoms with Crippen LogP contribution >= 0.6 is 15.9 Å². The molecule has 0 unspecified atom stereocenters. The van der Waals surface area contributed by atoms with E-state index in [0.717, 1.165) is 27.3 Å². The monoisotopic (exact) mass is 266 g/mol. The number of rotatable bonds is 2. The predicted octanol–water partition coefficient (Wildman–Crippen LogP) is 3.16. The summed E-state index contributed by atoms with van der Waals surface area (Å²) in [4.78, 5) is 7.47. The smallest absolute Gasteiger partial charge is 0.138 e. The summed E-state index contributed by atoms with van der Waals surface area (Å²) in [6, 6.07) is 5.80. The number of halogens is 1. The van der Waals surface area contributed by atoms with Gasteiger partial charge in [-0.25, -0.2) is 4.98 Å². The Morgan fingerprint density at radius 1 is 1.40 bits per heavy atom. The summed E-state index contributed by atoms with van der Waals surface area (Å²) in [5.41, 5.74) is 2.04. The minimum atomic E-state index is 0.822. The van der Waals surface area contributed by atoms with Gasteiger partial charge in [0.2, 0.25) is 0 Å². The number of benzene rings is 1. The molecule has 1 aromatic carbocycles. The number of methoxy groups -OCH3 is 1. The average Bonchev–Trinajstić information content (AvgIpc) is 2.65. The Morgan fingerprint density at radius 3 is 2.80 bits per heavy atom. The molecule has 15 heavy (non-hydrogen) atoms. The minimum absolute atomic E-state index is 0.822. The van der Waals surface area contributed by atoms with Gasteiger partial charge in [-0.3, -0.25) is 0 Å². The molecule has 0 aliphatic carbocycles. The van der Waals surface area contributed by atoms with Crippen LogP contribution in [0.25, 0.3) is 11.4 Å². The van der Waals surface area contributed by atoms with Gasteiger partial charge in [0.1, 0.15) is 11.6 Å². The molecule has 78 valence electrons. The number of aromatic amines is 1. The Labute approximate surface area is 96.6 Å². The van der Waals surface area contributed by atoms with Gasteiger partial charge >= 0.3 is 0 Å². The van der Waals surface area contributed by atoms with Crippen LogP contribution in [-0.4, -0.2) is 17.1 Å². The van der Waals surface area contributed by atoms with Crippen LogP contribution in [0.1, 0.15) is 5.69 Å². The largest absolute Gasteiger partial charge is 0.497 e. The summed E-state index contributed by atoms with van der Waals surface area (Å²) in [6.45, 7) is 1.98. The summed E-state index contributed by atoms with van der Waals surface area (Å²) in [6.07, 6.45) is 1.81. The lowest BCUT2D eigenvalue weighted by Crippen LogP contribution is -1.87. The summed E-state index contributed by atoms with van der Waals surface area (Å²) < 4.78 is 6.17. The van der Waals surface area contributed by atoms with Crippen LogP contribution < -0.4 is 4.74 Å². The van der Waals surface area contributed by atoms with E-state index in [-0.39, 0.29) is 0 Å². The highest BCUT2D eigenvalue weighted by Gasteiger charge is 2.07. The Morgan fingerprint density at radius 2 is 2.20 bits per heavy atom. The molecule has 0 spiro atoms. The van der Waals surface area contributed by atoms with Crippen LogP contribution in [0.2, 0.25) is 0 Å². The highest BCUT2D eigenvalue weighted by atomic mass is 79.9. The van der Waals surface area contributed by atoms with Crippen molar-refractivity contribution in [3.63, 3.8) is 0 Å². The fraction of sp³-hybridized carbons (Fsp3) is 0.182. The lowest BCUT2D eigenvalue weighted by molar-refractivity contribution is 0.415. The molecule has 1 N–H and O–H groups in total. The highest BCUT2D eigenvalue weighted by molar-refractivity contribution is 9.10. The van der Waals surface area contributed by atoms with Crippen molar-refractivity contribution in [3.05, 3.63) is 34.6 Å². The molecular weight excluding hydrogens is 256 g/mol. The summed E-state index contributed by atoms with van der Waals surface area (Å²) in [7, 11) is 1.65. The van der Waals surface area contributed by atoms with Crippen molar-refractivity contribution in [1.82, 2.24) is 9.97 Å². The number of aromatic nitrogens is 2. The van der Waals surface area contributed by atoms with Crippen LogP contribution in [0.15, 0.2) is 28.9 Å². The molecule has 0 saturated carbocycles. The van der Waals surface area contributed by atoms with Gasteiger partial charge in [-0.2, -0.15) is 0 Å². The third kappa shape index (κ3) is 2.04. The molecule has 0 atom stereocenters. The first-order valence-corrected chi connectivity index (χ1v) is 5.35. The van der Waals surface area contributed by atoms with E-state index in [0.29, 0.717) is 0 Å². The van der Waals surface area contributed by atoms with Crippen LogP contribution in [0, 0.1) is 6.92 Å². The first kappa shape index (κ1) is 10.2. The van der Waals surface area contributed by atoms with Crippen molar-refractivity contribution in [3.8, 4) is 17.1 Å². The summed E-state index contributed by atoms with van der Waals surface area (Å²) in [5, 5.41) is 0. The van der Waals surface area contributed by atoms with Crippen molar-refractivity contribution >= 4 is 15.9 Å². The van der Waals surface area contributed by atoms with Gasteiger partial charge < -0.3 is 9.72 Å². The number of nitrogens with zero attached hydrogens (tertiary/aromatic N) is 1. The van der Waals surface area contributed by atoms with Crippen LogP contribution in [0.5, 0.6) is 5.75 Å². The van der Waals surface area contributed by atoms with Crippen LogP contribution in [-0.2, 0) is 0 Å². The molecule has 2 rings (SSSR count). The fourth-order valence-corrected chi connectivity index (χ4v) is 1.80. The molecule has 0 aliphatic rings. The van der Waals surface area contributed by atoms with Gasteiger partial charge in [-0.1, -0.05) is 15.9 Å². The van der Waals surface area contributed by atoms with E-state index in [1.165, 1.54) is 0 Å². The SMILES string of the molecule is COc1ccc(Br)c(-c2ncc(C)[nH]2)c1. The van der Waals surface area contributed by atoms with Crippen molar-refractivity contribution in [2.45, 2.75) is 6.92 Å². The zero-order valence-corrected chi connectivity index (χ0v) is 10.1. The third-order valence-electron chi connectivity index (χ3n) is 2.13. The quantitative estimate of drug-likeness (QED) is 0.907. The average molecular weight is 267 g/mol. The van der Waals surface area contributed by atoms with Crippen molar-refractivity contribution < 1.29 is 4.74 Å². The Bertz CT molecular complexity index is 479. The van der Waals surface area contributed by atoms with Crippen molar-refractivity contribution in [1.29, 1.82) is 0 Å². The van der Waals surface area contributed by atoms with Gasteiger partial charge in [0.25, 0.3) is 0 Å². The van der Waals surface area contributed by atoms with Crippen LogP contribution in [0.4, 0.5) is 0 Å². The second kappa shape index (κ2) is 4.06. The molecule has 0 amide bonds. The molecule has 0 aliphatic heterocycles. The number of imidazole rings is 1. The second-order valence-corrected chi connectivity index (χ2v) is 4.11. The van der Waals surface area contributed by atoms with Crippen molar-refractivity contribution in [2.75, 3.05) is 7.11 Å². The Balaban J connectivity index is 2.51. The van der Waals surface area contributed by atoms with Gasteiger partial charge in [-0.05, 0) is 25.1 Å². The molecule has 0 bridgehead atoms. The maximum absolute atomic E-state index is 5.18. The van der Waals surface area contributed by atoms with E-state index in [9.17, 15) is 0 Å². The van der Waals surface area contributed by atoms with E-state index in [2.05, 4.69) is 25.9 Å². The van der Waals surface area contributed by atoms with E-state index in [4.69, 9.17) is 4.74 Å². The third-order valence-corrected chi connectivity index (χ3v) is 2.82. The Kier molecular flexibility index (Phi) is 2.77. The van der Waals surface area contributed by atoms with Crippen LogP contribution in [0.3, 0.4) is 0 Å². The number of aryl methyl sites for hydroxylation is 1.